The molecule has 0 aromatic heterocycles. The molecular weight excluding hydrogens is 232 g/mol. The highest BCUT2D eigenvalue weighted by Crippen LogP contribution is 2.09. The zero-order valence-electron chi connectivity index (χ0n) is 11.6. The molecule has 0 fully saturated rings. The van der Waals surface area contributed by atoms with E-state index in [0.29, 0.717) is 0 Å². The Labute approximate surface area is 112 Å². The van der Waals surface area contributed by atoms with Crippen LogP contribution < -0.4 is 5.19 Å². The molecule has 0 radical (unpaired) electrons. The molecule has 0 saturated carbocycles. The van der Waals surface area contributed by atoms with E-state index in [1.165, 1.54) is 16.7 Å². The van der Waals surface area contributed by atoms with Gasteiger partial charge in [-0.15, -0.1) is 0 Å². The summed E-state index contributed by atoms with van der Waals surface area (Å²) in [6.07, 6.45) is 2.29. The van der Waals surface area contributed by atoms with Crippen molar-refractivity contribution in [1.29, 1.82) is 0 Å². The van der Waals surface area contributed by atoms with Gasteiger partial charge in [0.25, 0.3) is 0 Å². The lowest BCUT2D eigenvalue weighted by Crippen LogP contribution is -2.22. The Morgan fingerprint density at radius 3 is 2.06 bits per heavy atom. The van der Waals surface area contributed by atoms with Gasteiger partial charge in [0.05, 0.1) is 8.80 Å². The van der Waals surface area contributed by atoms with Crippen molar-refractivity contribution in [2.24, 2.45) is 0 Å². The Hall–Kier alpha value is -1.34. The van der Waals surface area contributed by atoms with Gasteiger partial charge in [0.2, 0.25) is 0 Å². The van der Waals surface area contributed by atoms with Crippen molar-refractivity contribution < 1.29 is 0 Å². The molecule has 0 bridgehead atoms. The molecule has 0 aliphatic carbocycles. The van der Waals surface area contributed by atoms with Gasteiger partial charge < -0.3 is 0 Å². The first-order chi connectivity index (χ1) is 8.65. The average Bonchev–Trinajstić information content (AvgIpc) is 2.37. The quantitative estimate of drug-likeness (QED) is 0.733. The van der Waals surface area contributed by atoms with E-state index in [4.69, 9.17) is 0 Å². The first-order valence-corrected chi connectivity index (χ1v) is 9.68. The van der Waals surface area contributed by atoms with E-state index in [0.717, 1.165) is 12.8 Å². The average molecular weight is 254 g/mol. The standard InChI is InChI=1S/C17H22Si/c1-14-6-4-7-15(12-14)10-11-16-8-5-9-17(13-16)18(2)3/h4-9,12-13,18H,10-11H2,1-3H3. The smallest absolute Gasteiger partial charge is 0.0647 e. The molecule has 18 heavy (non-hydrogen) atoms. The highest BCUT2D eigenvalue weighted by atomic mass is 28.3. The lowest BCUT2D eigenvalue weighted by molar-refractivity contribution is 0.959. The summed E-state index contributed by atoms with van der Waals surface area (Å²) in [6, 6.07) is 18.0. The van der Waals surface area contributed by atoms with Crippen LogP contribution in [0.1, 0.15) is 16.7 Å². The van der Waals surface area contributed by atoms with Gasteiger partial charge in [0.1, 0.15) is 0 Å². The fourth-order valence-corrected chi connectivity index (χ4v) is 3.31. The maximum Gasteiger partial charge on any atom is 0.0647 e. The van der Waals surface area contributed by atoms with Crippen LogP contribution in [-0.2, 0) is 12.8 Å². The number of hydrogen-bond donors (Lipinski definition) is 0. The van der Waals surface area contributed by atoms with Crippen molar-refractivity contribution in [3.8, 4) is 0 Å². The summed E-state index contributed by atoms with van der Waals surface area (Å²) < 4.78 is 0. The lowest BCUT2D eigenvalue weighted by atomic mass is 10.0. The van der Waals surface area contributed by atoms with Crippen molar-refractivity contribution in [3.63, 3.8) is 0 Å². The fraction of sp³-hybridized carbons (Fsp3) is 0.294. The Balaban J connectivity index is 2.04. The Bertz CT molecular complexity index is 515. The topological polar surface area (TPSA) is 0 Å². The summed E-state index contributed by atoms with van der Waals surface area (Å²) in [5.74, 6) is 0. The molecule has 2 rings (SSSR count). The van der Waals surface area contributed by atoms with Gasteiger partial charge in [-0.05, 0) is 30.9 Å². The van der Waals surface area contributed by atoms with Crippen LogP contribution in [-0.4, -0.2) is 8.80 Å². The first-order valence-electron chi connectivity index (χ1n) is 6.79. The van der Waals surface area contributed by atoms with Gasteiger partial charge in [-0.2, -0.15) is 0 Å². The SMILES string of the molecule is Cc1cccc(CCc2cccc([SiH](C)C)c2)c1. The molecule has 0 saturated heterocycles. The van der Waals surface area contributed by atoms with Gasteiger partial charge in [0.15, 0.2) is 0 Å². The second-order valence-corrected chi connectivity index (χ2v) is 8.36. The summed E-state index contributed by atoms with van der Waals surface area (Å²) >= 11 is 0. The van der Waals surface area contributed by atoms with Crippen molar-refractivity contribution >= 4 is 14.0 Å². The molecule has 0 amide bonds. The van der Waals surface area contributed by atoms with Gasteiger partial charge in [-0.1, -0.05) is 72.4 Å². The molecule has 94 valence electrons. The van der Waals surface area contributed by atoms with E-state index in [-0.39, 0.29) is 0 Å². The molecule has 2 aromatic carbocycles. The van der Waals surface area contributed by atoms with Crippen LogP contribution >= 0.6 is 0 Å². The maximum atomic E-state index is 2.41. The number of hydrogen-bond acceptors (Lipinski definition) is 0. The van der Waals surface area contributed by atoms with Gasteiger partial charge in [-0.25, -0.2) is 0 Å². The maximum absolute atomic E-state index is 2.41. The lowest BCUT2D eigenvalue weighted by Gasteiger charge is -2.08. The predicted octanol–water partition coefficient (Wildman–Crippen LogP) is 3.47. The summed E-state index contributed by atoms with van der Waals surface area (Å²) in [6.45, 7) is 6.94. The summed E-state index contributed by atoms with van der Waals surface area (Å²) in [5, 5.41) is 1.58. The highest BCUT2D eigenvalue weighted by Gasteiger charge is 2.02. The molecule has 0 nitrogen and oxygen atoms in total. The van der Waals surface area contributed by atoms with Crippen molar-refractivity contribution in [3.05, 3.63) is 65.2 Å². The molecule has 0 N–H and O–H groups in total. The van der Waals surface area contributed by atoms with E-state index in [9.17, 15) is 0 Å². The third-order valence-electron chi connectivity index (χ3n) is 3.40. The van der Waals surface area contributed by atoms with E-state index >= 15 is 0 Å². The molecule has 0 aliphatic heterocycles. The Morgan fingerprint density at radius 1 is 0.833 bits per heavy atom. The molecule has 2 aromatic rings. The molecule has 0 atom stereocenters. The first kappa shape index (κ1) is 13.1. The van der Waals surface area contributed by atoms with E-state index in [1.807, 2.05) is 0 Å². The van der Waals surface area contributed by atoms with Crippen LogP contribution in [0.4, 0.5) is 0 Å². The minimum atomic E-state index is -0.664. The third kappa shape index (κ3) is 3.57. The minimum Gasteiger partial charge on any atom is -0.0682 e. The second kappa shape index (κ2) is 6.01. The largest absolute Gasteiger partial charge is 0.0682 e. The summed E-state index contributed by atoms with van der Waals surface area (Å²) in [5.41, 5.74) is 4.29. The van der Waals surface area contributed by atoms with Crippen LogP contribution in [0.25, 0.3) is 0 Å². The van der Waals surface area contributed by atoms with Crippen molar-refractivity contribution in [1.82, 2.24) is 0 Å². The monoisotopic (exact) mass is 254 g/mol. The Morgan fingerprint density at radius 2 is 1.44 bits per heavy atom. The second-order valence-electron chi connectivity index (χ2n) is 5.39. The van der Waals surface area contributed by atoms with Crippen LogP contribution in [0.2, 0.25) is 13.1 Å². The molecule has 1 heteroatoms. The highest BCUT2D eigenvalue weighted by molar-refractivity contribution is 6.70. The van der Waals surface area contributed by atoms with Gasteiger partial charge in [-0.3, -0.25) is 0 Å². The molecule has 0 heterocycles. The van der Waals surface area contributed by atoms with Crippen molar-refractivity contribution in [2.75, 3.05) is 0 Å². The van der Waals surface area contributed by atoms with Gasteiger partial charge >= 0.3 is 0 Å². The predicted molar refractivity (Wildman–Crippen MR) is 83.5 cm³/mol. The summed E-state index contributed by atoms with van der Waals surface area (Å²) in [7, 11) is -0.664. The van der Waals surface area contributed by atoms with Crippen LogP contribution in [0.3, 0.4) is 0 Å². The van der Waals surface area contributed by atoms with E-state index in [2.05, 4.69) is 68.5 Å². The van der Waals surface area contributed by atoms with Crippen molar-refractivity contribution in [2.45, 2.75) is 32.9 Å². The number of benzene rings is 2. The zero-order chi connectivity index (χ0) is 13.0. The number of rotatable bonds is 4. The third-order valence-corrected chi connectivity index (χ3v) is 5.09. The van der Waals surface area contributed by atoms with Crippen LogP contribution in [0.15, 0.2) is 48.5 Å². The van der Waals surface area contributed by atoms with Crippen LogP contribution in [0, 0.1) is 6.92 Å². The summed E-state index contributed by atoms with van der Waals surface area (Å²) in [4.78, 5) is 0. The molecule has 0 unspecified atom stereocenters. The minimum absolute atomic E-state index is 0.664. The Kier molecular flexibility index (Phi) is 4.37. The van der Waals surface area contributed by atoms with Gasteiger partial charge in [0, 0.05) is 0 Å². The fourth-order valence-electron chi connectivity index (χ4n) is 2.26. The normalized spacial score (nSPS) is 10.9. The van der Waals surface area contributed by atoms with Crippen LogP contribution in [0.5, 0.6) is 0 Å². The molecular formula is C17H22Si. The van der Waals surface area contributed by atoms with E-state index < -0.39 is 8.80 Å². The zero-order valence-corrected chi connectivity index (χ0v) is 12.8. The van der Waals surface area contributed by atoms with E-state index in [1.54, 1.807) is 5.19 Å². The molecule has 0 spiro atoms. The molecule has 0 aliphatic rings. The number of aryl methyl sites for hydroxylation is 3.